The molecule has 0 aliphatic carbocycles. The number of anilines is 2. The number of thiol groups is 1. The van der Waals surface area contributed by atoms with Gasteiger partial charge in [-0.3, -0.25) is 0 Å². The normalized spacial score (nSPS) is 10.7. The van der Waals surface area contributed by atoms with Crippen LogP contribution in [0.15, 0.2) is 47.0 Å². The van der Waals surface area contributed by atoms with E-state index in [0.29, 0.717) is 27.5 Å². The number of amides is 2. The number of aromatic nitrogens is 1. The summed E-state index contributed by atoms with van der Waals surface area (Å²) in [7, 11) is 0. The molecule has 7 heteroatoms. The Bertz CT molecular complexity index is 850. The van der Waals surface area contributed by atoms with Crippen molar-refractivity contribution in [1.29, 1.82) is 0 Å². The van der Waals surface area contributed by atoms with Crippen LogP contribution in [-0.4, -0.2) is 11.2 Å². The summed E-state index contributed by atoms with van der Waals surface area (Å²) in [6.07, 6.45) is 0. The fraction of sp³-hybridized carbons (Fsp3) is 0.0667. The largest absolute Gasteiger partial charge is 0.354 e. The van der Waals surface area contributed by atoms with Crippen LogP contribution in [0.2, 0.25) is 5.02 Å². The fourth-order valence-electron chi connectivity index (χ4n) is 1.97. The molecule has 1 aromatic heterocycles. The lowest BCUT2D eigenvalue weighted by Gasteiger charge is -2.14. The molecule has 0 spiro atoms. The second kappa shape index (κ2) is 5.90. The van der Waals surface area contributed by atoms with E-state index in [1.807, 2.05) is 25.1 Å². The van der Waals surface area contributed by atoms with E-state index in [0.717, 1.165) is 9.87 Å². The van der Waals surface area contributed by atoms with Gasteiger partial charge in [0.1, 0.15) is 0 Å². The molecule has 1 heterocycles. The number of rotatable bonds is 2. The molecule has 3 rings (SSSR count). The zero-order valence-electron chi connectivity index (χ0n) is 11.6. The molecule has 2 amide bonds. The summed E-state index contributed by atoms with van der Waals surface area (Å²) in [5, 5.41) is 7.87. The van der Waals surface area contributed by atoms with Crippen LogP contribution in [0.3, 0.4) is 0 Å². The van der Waals surface area contributed by atoms with E-state index in [2.05, 4.69) is 23.3 Å². The molecule has 2 aromatic carbocycles. The molecule has 5 nitrogen and oxygen atoms in total. The van der Waals surface area contributed by atoms with Gasteiger partial charge in [-0.25, -0.2) is 9.10 Å². The lowest BCUT2D eigenvalue weighted by molar-refractivity contribution is 0.260. The van der Waals surface area contributed by atoms with E-state index in [9.17, 15) is 4.79 Å². The van der Waals surface area contributed by atoms with Gasteiger partial charge in [-0.2, -0.15) is 0 Å². The van der Waals surface area contributed by atoms with Crippen LogP contribution in [0, 0.1) is 6.92 Å². The van der Waals surface area contributed by atoms with Crippen molar-refractivity contribution in [2.75, 3.05) is 9.62 Å². The predicted molar refractivity (Wildman–Crippen MR) is 90.7 cm³/mol. The first-order chi connectivity index (χ1) is 10.6. The van der Waals surface area contributed by atoms with Gasteiger partial charge in [0, 0.05) is 10.7 Å². The molecule has 0 unspecified atom stereocenters. The topological polar surface area (TPSA) is 58.4 Å². The Hall–Kier alpha value is -2.18. The zero-order chi connectivity index (χ0) is 15.7. The van der Waals surface area contributed by atoms with Crippen molar-refractivity contribution in [3.05, 3.63) is 53.1 Å². The van der Waals surface area contributed by atoms with Crippen LogP contribution in [0.25, 0.3) is 11.0 Å². The van der Waals surface area contributed by atoms with E-state index in [1.54, 1.807) is 24.3 Å². The molecule has 3 aromatic rings. The number of benzene rings is 2. The number of hydrogen-bond donors (Lipinski definition) is 2. The van der Waals surface area contributed by atoms with Crippen molar-refractivity contribution in [3.63, 3.8) is 0 Å². The first kappa shape index (κ1) is 14.7. The molecule has 112 valence electrons. The van der Waals surface area contributed by atoms with Gasteiger partial charge in [-0.1, -0.05) is 47.8 Å². The minimum atomic E-state index is -0.456. The van der Waals surface area contributed by atoms with Crippen molar-refractivity contribution in [1.82, 2.24) is 5.16 Å². The molecule has 0 bridgehead atoms. The maximum absolute atomic E-state index is 12.3. The Kier molecular flexibility index (Phi) is 3.96. The first-order valence-electron chi connectivity index (χ1n) is 6.47. The molecule has 0 radical (unpaired) electrons. The predicted octanol–water partition coefficient (Wildman–Crippen LogP) is 4.67. The van der Waals surface area contributed by atoms with Crippen molar-refractivity contribution < 1.29 is 9.32 Å². The molecule has 0 fully saturated rings. The maximum Gasteiger partial charge on any atom is 0.337 e. The van der Waals surface area contributed by atoms with Crippen molar-refractivity contribution in [2.45, 2.75) is 6.92 Å². The molecule has 0 atom stereocenters. The Morgan fingerprint density at radius 1 is 1.32 bits per heavy atom. The van der Waals surface area contributed by atoms with Gasteiger partial charge in [0.25, 0.3) is 0 Å². The van der Waals surface area contributed by atoms with Crippen LogP contribution in [-0.2, 0) is 0 Å². The van der Waals surface area contributed by atoms with Crippen molar-refractivity contribution in [3.8, 4) is 0 Å². The highest BCUT2D eigenvalue weighted by atomic mass is 35.5. The van der Waals surface area contributed by atoms with Gasteiger partial charge in [-0.15, -0.1) is 0 Å². The number of carbonyl (C=O) groups is 1. The van der Waals surface area contributed by atoms with E-state index in [-0.39, 0.29) is 0 Å². The van der Waals surface area contributed by atoms with Crippen LogP contribution in [0.4, 0.5) is 16.3 Å². The maximum atomic E-state index is 12.3. The zero-order valence-corrected chi connectivity index (χ0v) is 13.2. The lowest BCUT2D eigenvalue weighted by atomic mass is 10.2. The van der Waals surface area contributed by atoms with Crippen molar-refractivity contribution >= 4 is 52.9 Å². The summed E-state index contributed by atoms with van der Waals surface area (Å²) in [4.78, 5) is 12.3. The number of carbonyl (C=O) groups excluding carboxylic acids is 1. The SMILES string of the molecule is Cc1ccc(NC(=O)N(S)c2noc3ccccc23)cc1Cl. The average Bonchev–Trinajstić information content (AvgIpc) is 2.94. The van der Waals surface area contributed by atoms with E-state index >= 15 is 0 Å². The van der Waals surface area contributed by atoms with Gasteiger partial charge in [0.2, 0.25) is 0 Å². The molecule has 0 aliphatic rings. The number of urea groups is 1. The highest BCUT2D eigenvalue weighted by molar-refractivity contribution is 7.82. The Morgan fingerprint density at radius 3 is 2.86 bits per heavy atom. The van der Waals surface area contributed by atoms with Crippen LogP contribution in [0.1, 0.15) is 5.56 Å². The van der Waals surface area contributed by atoms with Crippen LogP contribution < -0.4 is 9.62 Å². The minimum Gasteiger partial charge on any atom is -0.354 e. The van der Waals surface area contributed by atoms with Gasteiger partial charge in [0.05, 0.1) is 5.39 Å². The number of para-hydroxylation sites is 1. The summed E-state index contributed by atoms with van der Waals surface area (Å²) in [6, 6.07) is 12.1. The number of nitrogens with one attached hydrogen (secondary N) is 1. The molecular weight excluding hydrogens is 322 g/mol. The smallest absolute Gasteiger partial charge is 0.337 e. The van der Waals surface area contributed by atoms with Crippen molar-refractivity contribution in [2.24, 2.45) is 0 Å². The van der Waals surface area contributed by atoms with E-state index in [1.165, 1.54) is 0 Å². The lowest BCUT2D eigenvalue weighted by Crippen LogP contribution is -2.27. The number of aryl methyl sites for hydroxylation is 1. The molecule has 22 heavy (non-hydrogen) atoms. The van der Waals surface area contributed by atoms with Gasteiger partial charge < -0.3 is 9.84 Å². The molecule has 0 aliphatic heterocycles. The number of halogens is 1. The molecule has 1 N–H and O–H groups in total. The third-order valence-electron chi connectivity index (χ3n) is 3.17. The van der Waals surface area contributed by atoms with Crippen LogP contribution in [0.5, 0.6) is 0 Å². The number of nitrogens with zero attached hydrogens (tertiary/aromatic N) is 2. The second-order valence-corrected chi connectivity index (χ2v) is 5.52. The third kappa shape index (κ3) is 2.75. The number of hydrogen-bond acceptors (Lipinski definition) is 4. The summed E-state index contributed by atoms with van der Waals surface area (Å²) in [5.41, 5.74) is 2.10. The van der Waals surface area contributed by atoms with E-state index < -0.39 is 6.03 Å². The Balaban J connectivity index is 1.83. The van der Waals surface area contributed by atoms with Crippen LogP contribution >= 0.6 is 24.4 Å². The van der Waals surface area contributed by atoms with E-state index in [4.69, 9.17) is 16.1 Å². The Labute approximate surface area is 137 Å². The summed E-state index contributed by atoms with van der Waals surface area (Å²) < 4.78 is 6.26. The summed E-state index contributed by atoms with van der Waals surface area (Å²) >= 11 is 10.2. The quantitative estimate of drug-likeness (QED) is 0.670. The standard InChI is InChI=1S/C15H12ClN3O2S/c1-9-6-7-10(8-12(9)16)17-15(20)19(22)14-11-4-2-3-5-13(11)21-18-14/h2-8,22H,1H3,(H,17,20). The average molecular weight is 334 g/mol. The summed E-state index contributed by atoms with van der Waals surface area (Å²) in [5.74, 6) is 0.328. The molecule has 0 saturated carbocycles. The monoisotopic (exact) mass is 333 g/mol. The van der Waals surface area contributed by atoms with Gasteiger partial charge in [0.15, 0.2) is 11.4 Å². The fourth-order valence-corrected chi connectivity index (χ4v) is 2.34. The van der Waals surface area contributed by atoms with Gasteiger partial charge >= 0.3 is 6.03 Å². The highest BCUT2D eigenvalue weighted by Gasteiger charge is 2.19. The Morgan fingerprint density at radius 2 is 2.09 bits per heavy atom. The highest BCUT2D eigenvalue weighted by Crippen LogP contribution is 2.28. The second-order valence-electron chi connectivity index (χ2n) is 4.71. The van der Waals surface area contributed by atoms with Gasteiger partial charge in [-0.05, 0) is 36.8 Å². The molecule has 0 saturated heterocycles. The number of fused-ring (bicyclic) bond motifs is 1. The summed E-state index contributed by atoms with van der Waals surface area (Å²) in [6.45, 7) is 1.89. The minimum absolute atomic E-state index is 0.328. The molecular formula is C15H12ClN3O2S. The first-order valence-corrected chi connectivity index (χ1v) is 7.24. The third-order valence-corrected chi connectivity index (χ3v) is 3.95.